The first-order valence-corrected chi connectivity index (χ1v) is 10.6. The Morgan fingerprint density at radius 2 is 1.88 bits per heavy atom. The number of rotatable bonds is 4. The van der Waals surface area contributed by atoms with E-state index in [0.717, 1.165) is 0 Å². The third-order valence-corrected chi connectivity index (χ3v) is 6.63. The van der Waals surface area contributed by atoms with Crippen LogP contribution in [0.4, 0.5) is 0 Å². The summed E-state index contributed by atoms with van der Waals surface area (Å²) in [6.07, 6.45) is 2.14. The topological polar surface area (TPSA) is 83.6 Å². The molecule has 26 heavy (non-hydrogen) atoms. The standard InChI is InChI=1S/C18H25ClN2O4S/c1-4-17(22)21-8-5-6-14(7-9-21)18(23)20-26(24,25)16-11-12(2)15(19)10-13(16)3/h10-11,14H,4-9H2,1-3H3,(H,20,23). The predicted octanol–water partition coefficient (Wildman–Crippen LogP) is 2.80. The first kappa shape index (κ1) is 20.7. The quantitative estimate of drug-likeness (QED) is 0.842. The lowest BCUT2D eigenvalue weighted by Gasteiger charge is -2.19. The Bertz CT molecular complexity index is 808. The van der Waals surface area contributed by atoms with Crippen LogP contribution in [0, 0.1) is 19.8 Å². The van der Waals surface area contributed by atoms with E-state index < -0.39 is 21.8 Å². The lowest BCUT2D eigenvalue weighted by Crippen LogP contribution is -2.37. The number of aryl methyl sites for hydroxylation is 2. The monoisotopic (exact) mass is 400 g/mol. The number of nitrogens with zero attached hydrogens (tertiary/aromatic N) is 1. The molecule has 144 valence electrons. The fourth-order valence-corrected chi connectivity index (χ4v) is 4.72. The van der Waals surface area contributed by atoms with Crippen LogP contribution in [-0.2, 0) is 19.6 Å². The van der Waals surface area contributed by atoms with Gasteiger partial charge in [-0.25, -0.2) is 13.1 Å². The molecule has 1 aliphatic rings. The van der Waals surface area contributed by atoms with E-state index >= 15 is 0 Å². The smallest absolute Gasteiger partial charge is 0.264 e. The Balaban J connectivity index is 2.11. The zero-order valence-corrected chi connectivity index (χ0v) is 16.9. The van der Waals surface area contributed by atoms with Crippen molar-refractivity contribution in [3.05, 3.63) is 28.3 Å². The fourth-order valence-electron chi connectivity index (χ4n) is 3.15. The first-order valence-electron chi connectivity index (χ1n) is 8.77. The second-order valence-corrected chi connectivity index (χ2v) is 8.76. The highest BCUT2D eigenvalue weighted by Gasteiger charge is 2.28. The van der Waals surface area contributed by atoms with Crippen molar-refractivity contribution in [2.45, 2.75) is 51.3 Å². The molecular formula is C18H25ClN2O4S. The van der Waals surface area contributed by atoms with Crippen LogP contribution in [-0.4, -0.2) is 38.2 Å². The van der Waals surface area contributed by atoms with Gasteiger partial charge in [-0.1, -0.05) is 18.5 Å². The number of hydrogen-bond donors (Lipinski definition) is 1. The molecule has 0 aromatic heterocycles. The molecule has 1 saturated heterocycles. The summed E-state index contributed by atoms with van der Waals surface area (Å²) in [6.45, 7) is 6.25. The molecule has 1 unspecified atom stereocenters. The molecule has 8 heteroatoms. The van der Waals surface area contributed by atoms with Crippen molar-refractivity contribution in [2.24, 2.45) is 5.92 Å². The minimum atomic E-state index is -3.96. The molecule has 1 aromatic rings. The molecule has 1 fully saturated rings. The Hall–Kier alpha value is -1.60. The van der Waals surface area contributed by atoms with Crippen molar-refractivity contribution in [2.75, 3.05) is 13.1 Å². The van der Waals surface area contributed by atoms with Crippen LogP contribution in [0.25, 0.3) is 0 Å². The van der Waals surface area contributed by atoms with Crippen LogP contribution in [0.1, 0.15) is 43.7 Å². The van der Waals surface area contributed by atoms with Gasteiger partial charge in [-0.2, -0.15) is 0 Å². The second kappa shape index (κ2) is 8.39. The van der Waals surface area contributed by atoms with E-state index in [0.29, 0.717) is 54.9 Å². The molecule has 0 radical (unpaired) electrons. The Labute approximate surface area is 160 Å². The van der Waals surface area contributed by atoms with E-state index in [-0.39, 0.29) is 10.8 Å². The van der Waals surface area contributed by atoms with Gasteiger partial charge < -0.3 is 4.90 Å². The van der Waals surface area contributed by atoms with Crippen LogP contribution in [0.3, 0.4) is 0 Å². The normalized spacial score (nSPS) is 18.3. The largest absolute Gasteiger partial charge is 0.343 e. The van der Waals surface area contributed by atoms with Crippen molar-refractivity contribution in [1.82, 2.24) is 9.62 Å². The van der Waals surface area contributed by atoms with Gasteiger partial charge in [0.05, 0.1) is 4.90 Å². The highest BCUT2D eigenvalue weighted by molar-refractivity contribution is 7.90. The van der Waals surface area contributed by atoms with E-state index in [9.17, 15) is 18.0 Å². The number of carbonyl (C=O) groups excluding carboxylic acids is 2. The van der Waals surface area contributed by atoms with E-state index in [2.05, 4.69) is 4.72 Å². The van der Waals surface area contributed by atoms with Crippen molar-refractivity contribution in [1.29, 1.82) is 0 Å². The van der Waals surface area contributed by atoms with Gasteiger partial charge in [-0.3, -0.25) is 9.59 Å². The SMILES string of the molecule is CCC(=O)N1CCCC(C(=O)NS(=O)(=O)c2cc(C)c(Cl)cc2C)CC1. The van der Waals surface area contributed by atoms with E-state index in [4.69, 9.17) is 11.6 Å². The third-order valence-electron chi connectivity index (χ3n) is 4.73. The van der Waals surface area contributed by atoms with E-state index in [1.165, 1.54) is 6.07 Å². The number of benzene rings is 1. The summed E-state index contributed by atoms with van der Waals surface area (Å²) < 4.78 is 27.5. The molecule has 1 aromatic carbocycles. The number of carbonyl (C=O) groups is 2. The van der Waals surface area contributed by atoms with Crippen molar-refractivity contribution in [3.8, 4) is 0 Å². The van der Waals surface area contributed by atoms with Crippen LogP contribution in [0.5, 0.6) is 0 Å². The molecule has 0 bridgehead atoms. The summed E-state index contributed by atoms with van der Waals surface area (Å²) in [5.74, 6) is -0.873. The van der Waals surface area contributed by atoms with E-state index in [1.54, 1.807) is 31.7 Å². The highest BCUT2D eigenvalue weighted by Crippen LogP contribution is 2.25. The van der Waals surface area contributed by atoms with Gasteiger partial charge in [0, 0.05) is 30.5 Å². The van der Waals surface area contributed by atoms with Crippen LogP contribution in [0.2, 0.25) is 5.02 Å². The summed E-state index contributed by atoms with van der Waals surface area (Å²) in [4.78, 5) is 26.2. The minimum absolute atomic E-state index is 0.0594. The summed E-state index contributed by atoms with van der Waals surface area (Å²) in [5, 5.41) is 0.484. The number of likely N-dealkylation sites (tertiary alicyclic amines) is 1. The number of sulfonamides is 1. The van der Waals surface area contributed by atoms with Crippen molar-refractivity contribution in [3.63, 3.8) is 0 Å². The third kappa shape index (κ3) is 4.76. The molecule has 0 aliphatic carbocycles. The van der Waals surface area contributed by atoms with Gasteiger partial charge in [0.1, 0.15) is 0 Å². The number of nitrogens with one attached hydrogen (secondary N) is 1. The first-order chi connectivity index (χ1) is 12.2. The van der Waals surface area contributed by atoms with Crippen LogP contribution >= 0.6 is 11.6 Å². The molecule has 1 atom stereocenters. The number of amides is 2. The molecule has 6 nitrogen and oxygen atoms in total. The van der Waals surface area contributed by atoms with Gasteiger partial charge in [0.15, 0.2) is 0 Å². The molecule has 1 heterocycles. The summed E-state index contributed by atoms with van der Waals surface area (Å²) in [5.41, 5.74) is 1.12. The molecule has 1 aliphatic heterocycles. The molecule has 2 rings (SSSR count). The van der Waals surface area contributed by atoms with Crippen LogP contribution < -0.4 is 4.72 Å². The number of hydrogen-bond acceptors (Lipinski definition) is 4. The Morgan fingerprint density at radius 1 is 1.19 bits per heavy atom. The number of halogens is 1. The van der Waals surface area contributed by atoms with Gasteiger partial charge in [0.2, 0.25) is 11.8 Å². The molecule has 2 amide bonds. The maximum Gasteiger partial charge on any atom is 0.264 e. The Kier molecular flexibility index (Phi) is 6.69. The summed E-state index contributed by atoms with van der Waals surface area (Å²) in [6, 6.07) is 3.05. The molecule has 0 spiro atoms. The van der Waals surface area contributed by atoms with Gasteiger partial charge in [-0.05, 0) is 56.4 Å². The van der Waals surface area contributed by atoms with Crippen molar-refractivity contribution < 1.29 is 18.0 Å². The Morgan fingerprint density at radius 3 is 2.54 bits per heavy atom. The maximum atomic E-state index is 12.6. The predicted molar refractivity (Wildman–Crippen MR) is 100 cm³/mol. The van der Waals surface area contributed by atoms with Crippen LogP contribution in [0.15, 0.2) is 17.0 Å². The zero-order valence-electron chi connectivity index (χ0n) is 15.3. The fraction of sp³-hybridized carbons (Fsp3) is 0.556. The highest BCUT2D eigenvalue weighted by atomic mass is 35.5. The van der Waals surface area contributed by atoms with Gasteiger partial charge in [0.25, 0.3) is 10.0 Å². The molecule has 1 N–H and O–H groups in total. The minimum Gasteiger partial charge on any atom is -0.343 e. The molecular weight excluding hydrogens is 376 g/mol. The maximum absolute atomic E-state index is 12.6. The lowest BCUT2D eigenvalue weighted by atomic mass is 10.0. The average Bonchev–Trinajstić information content (AvgIpc) is 2.83. The summed E-state index contributed by atoms with van der Waals surface area (Å²) >= 11 is 6.02. The zero-order chi connectivity index (χ0) is 19.5. The molecule has 0 saturated carbocycles. The summed E-state index contributed by atoms with van der Waals surface area (Å²) in [7, 11) is -3.96. The lowest BCUT2D eigenvalue weighted by molar-refractivity contribution is -0.131. The van der Waals surface area contributed by atoms with Crippen molar-refractivity contribution >= 4 is 33.4 Å². The van der Waals surface area contributed by atoms with E-state index in [1.807, 2.05) is 0 Å². The van der Waals surface area contributed by atoms with Gasteiger partial charge in [-0.15, -0.1) is 0 Å². The average molecular weight is 401 g/mol. The second-order valence-electron chi connectivity index (χ2n) is 6.70. The van der Waals surface area contributed by atoms with Gasteiger partial charge >= 0.3 is 0 Å².